The maximum atomic E-state index is 14.0. The van der Waals surface area contributed by atoms with Crippen molar-refractivity contribution < 1.29 is 71.5 Å². The summed E-state index contributed by atoms with van der Waals surface area (Å²) in [5.74, 6) is -5.97. The first-order valence-corrected chi connectivity index (χ1v) is 17.4. The summed E-state index contributed by atoms with van der Waals surface area (Å²) in [5.41, 5.74) is -3.90. The number of methoxy groups -OCH3 is 1. The molecule has 2 aromatic carbocycles. The molecule has 3 atom stereocenters. The molecule has 290 valence electrons. The van der Waals surface area contributed by atoms with E-state index in [-0.39, 0.29) is 53.4 Å². The third-order valence-electron chi connectivity index (χ3n) is 8.06. The molecule has 3 amide bonds. The highest BCUT2D eigenvalue weighted by Gasteiger charge is 2.67. The van der Waals surface area contributed by atoms with Gasteiger partial charge in [-0.25, -0.2) is 14.4 Å². The lowest BCUT2D eigenvalue weighted by Gasteiger charge is -2.56. The summed E-state index contributed by atoms with van der Waals surface area (Å²) in [5, 5.41) is 13.6. The summed E-state index contributed by atoms with van der Waals surface area (Å²) in [7, 11) is 1.13. The van der Waals surface area contributed by atoms with E-state index in [1.807, 2.05) is 0 Å². The number of carboxylic acids is 1. The minimum absolute atomic E-state index is 0.00389. The third-order valence-corrected chi connectivity index (χ3v) is 9.43. The van der Waals surface area contributed by atoms with Crippen molar-refractivity contribution in [3.63, 3.8) is 0 Å². The van der Waals surface area contributed by atoms with Crippen molar-refractivity contribution in [2.75, 3.05) is 32.7 Å². The smallest absolute Gasteiger partial charge is 0.477 e. The number of fused-ring (bicyclic) bond motifs is 2. The molecule has 2 aliphatic rings. The third kappa shape index (κ3) is 8.09. The van der Waals surface area contributed by atoms with E-state index in [1.54, 1.807) is 18.2 Å². The van der Waals surface area contributed by atoms with Crippen LogP contribution in [0.5, 0.6) is 11.5 Å². The second-order valence-electron chi connectivity index (χ2n) is 11.5. The number of thioether (sulfide) groups is 1. The van der Waals surface area contributed by atoms with E-state index in [0.717, 1.165) is 49.1 Å². The van der Waals surface area contributed by atoms with Gasteiger partial charge in [-0.15, -0.1) is 11.8 Å². The van der Waals surface area contributed by atoms with Gasteiger partial charge >= 0.3 is 24.2 Å². The van der Waals surface area contributed by atoms with Crippen LogP contribution in [0, 0.1) is 0 Å². The van der Waals surface area contributed by atoms with Gasteiger partial charge in [0.25, 0.3) is 17.5 Å². The van der Waals surface area contributed by atoms with Crippen LogP contribution >= 0.6 is 11.8 Å². The Bertz CT molecular complexity index is 2150. The first kappa shape index (κ1) is 39.8. The molecule has 3 aromatic rings. The molecule has 1 unspecified atom stereocenters. The number of aliphatic carboxylic acids is 1. The lowest BCUT2D eigenvalue weighted by atomic mass is 9.96. The van der Waals surface area contributed by atoms with Gasteiger partial charge in [0, 0.05) is 31.4 Å². The Hall–Kier alpha value is -6.41. The molecule has 1 fully saturated rings. The minimum atomic E-state index is -2.09. The van der Waals surface area contributed by atoms with Crippen molar-refractivity contribution in [1.82, 2.24) is 15.5 Å². The van der Waals surface area contributed by atoms with Crippen LogP contribution in [0.1, 0.15) is 42.7 Å². The zero-order valence-electron chi connectivity index (χ0n) is 29.5. The van der Waals surface area contributed by atoms with Crippen LogP contribution < -0.4 is 25.5 Å². The quantitative estimate of drug-likeness (QED) is 0.0740. The Morgan fingerprint density at radius 1 is 0.982 bits per heavy atom. The monoisotopic (exact) mass is 783 g/mol. The molecule has 0 saturated carbocycles. The molecule has 0 aliphatic carbocycles. The molecule has 0 radical (unpaired) electrons. The van der Waals surface area contributed by atoms with E-state index >= 15 is 0 Å². The van der Waals surface area contributed by atoms with Gasteiger partial charge in [0.2, 0.25) is 11.3 Å². The lowest BCUT2D eigenvalue weighted by Crippen LogP contribution is -2.81. The van der Waals surface area contributed by atoms with E-state index in [0.29, 0.717) is 0 Å². The summed E-state index contributed by atoms with van der Waals surface area (Å²) < 4.78 is 35.8. The Balaban J connectivity index is 1.45. The van der Waals surface area contributed by atoms with Gasteiger partial charge in [-0.3, -0.25) is 28.9 Å². The summed E-state index contributed by atoms with van der Waals surface area (Å²) in [4.78, 5) is 104. The number of hydrogen-bond acceptors (Lipinski definition) is 16. The van der Waals surface area contributed by atoms with Gasteiger partial charge in [-0.05, 0) is 25.5 Å². The highest BCUT2D eigenvalue weighted by Crippen LogP contribution is 2.47. The number of amides is 3. The van der Waals surface area contributed by atoms with E-state index in [1.165, 1.54) is 26.0 Å². The molecule has 3 heterocycles. The normalized spacial score (nSPS) is 17.9. The molecule has 5 rings (SSSR count). The standard InChI is InChI=1S/C35H33N3O16S/c1-5-49-33(46)53-23-12-20-22(13-24(23)54-34(47)50-6-2)52-15-21(27(20)40)28(41)36-25(18-10-8-7-9-11-18)29(42)37-35(48-4)31(45)38-26(30(43)44)19(14-51-17(3)39)16-55-32(35)38/h7-13,15,25,32H,5-6,14,16H2,1-4H3,(H,36,41)(H,37,42)(H,43,44)/t25?,32-,35-/m0/s1. The molecule has 20 heteroatoms. The predicted molar refractivity (Wildman–Crippen MR) is 187 cm³/mol. The number of carbonyl (C=O) groups excluding carboxylic acids is 6. The number of β-lactam (4-membered cyclic amide) rings is 1. The molecule has 19 nitrogen and oxygen atoms in total. The van der Waals surface area contributed by atoms with Crippen LogP contribution in [0.25, 0.3) is 11.0 Å². The zero-order chi connectivity index (χ0) is 40.0. The van der Waals surface area contributed by atoms with Gasteiger partial charge in [-0.1, -0.05) is 30.3 Å². The van der Waals surface area contributed by atoms with Crippen molar-refractivity contribution in [1.29, 1.82) is 0 Å². The average Bonchev–Trinajstić information content (AvgIpc) is 3.15. The molecular formula is C35H33N3O16S. The summed E-state index contributed by atoms with van der Waals surface area (Å²) in [6, 6.07) is 8.25. The Labute approximate surface area is 314 Å². The Morgan fingerprint density at radius 2 is 1.62 bits per heavy atom. The number of hydrogen-bond donors (Lipinski definition) is 3. The number of esters is 1. The van der Waals surface area contributed by atoms with E-state index < -0.39 is 81.6 Å². The number of nitrogens with zero attached hydrogens (tertiary/aromatic N) is 1. The van der Waals surface area contributed by atoms with Crippen LogP contribution in [-0.2, 0) is 38.1 Å². The van der Waals surface area contributed by atoms with Crippen molar-refractivity contribution in [3.8, 4) is 11.5 Å². The fraction of sp³-hybridized carbons (Fsp3) is 0.314. The molecule has 3 N–H and O–H groups in total. The molecule has 1 aromatic heterocycles. The van der Waals surface area contributed by atoms with Gasteiger partial charge in [0.1, 0.15) is 41.1 Å². The zero-order valence-corrected chi connectivity index (χ0v) is 30.3. The number of rotatable bonds is 13. The van der Waals surface area contributed by atoms with Crippen LogP contribution in [0.2, 0.25) is 0 Å². The molecule has 55 heavy (non-hydrogen) atoms. The van der Waals surface area contributed by atoms with Gasteiger partial charge in [0.15, 0.2) is 11.5 Å². The second kappa shape index (κ2) is 16.7. The summed E-state index contributed by atoms with van der Waals surface area (Å²) in [6.07, 6.45) is -1.55. The molecule has 0 spiro atoms. The summed E-state index contributed by atoms with van der Waals surface area (Å²) >= 11 is 1.04. The fourth-order valence-electron chi connectivity index (χ4n) is 5.58. The van der Waals surface area contributed by atoms with Gasteiger partial charge in [-0.2, -0.15) is 0 Å². The number of carboxylic acid groups (broad SMARTS) is 1. The minimum Gasteiger partial charge on any atom is -0.477 e. The van der Waals surface area contributed by atoms with Crippen LogP contribution in [0.4, 0.5) is 9.59 Å². The number of carbonyl (C=O) groups is 7. The highest BCUT2D eigenvalue weighted by molar-refractivity contribution is 8.00. The Kier molecular flexibility index (Phi) is 12.1. The average molecular weight is 784 g/mol. The fourth-order valence-corrected chi connectivity index (χ4v) is 7.00. The number of ether oxygens (including phenoxy) is 6. The molecular weight excluding hydrogens is 750 g/mol. The molecule has 2 aliphatic heterocycles. The van der Waals surface area contributed by atoms with Crippen LogP contribution in [0.15, 0.2) is 69.2 Å². The topological polar surface area (TPSA) is 253 Å². The number of nitrogens with one attached hydrogen (secondary N) is 2. The number of benzene rings is 2. The van der Waals surface area contributed by atoms with Crippen molar-refractivity contribution >= 4 is 64.7 Å². The maximum Gasteiger partial charge on any atom is 0.513 e. The first-order chi connectivity index (χ1) is 26.3. The van der Waals surface area contributed by atoms with Crippen molar-refractivity contribution in [3.05, 3.63) is 81.3 Å². The van der Waals surface area contributed by atoms with Gasteiger partial charge < -0.3 is 48.6 Å². The van der Waals surface area contributed by atoms with Gasteiger partial charge in [0.05, 0.1) is 18.6 Å². The lowest BCUT2D eigenvalue weighted by molar-refractivity contribution is -0.193. The second-order valence-corrected chi connectivity index (χ2v) is 12.5. The maximum absolute atomic E-state index is 14.0. The van der Waals surface area contributed by atoms with Crippen molar-refractivity contribution in [2.45, 2.75) is 37.9 Å². The highest BCUT2D eigenvalue weighted by atomic mass is 32.2. The molecule has 1 saturated heterocycles. The first-order valence-electron chi connectivity index (χ1n) is 16.3. The van der Waals surface area contributed by atoms with E-state index in [2.05, 4.69) is 10.6 Å². The largest absolute Gasteiger partial charge is 0.513 e. The molecule has 0 bridgehead atoms. The van der Waals surface area contributed by atoms with E-state index in [4.69, 9.17) is 32.8 Å². The van der Waals surface area contributed by atoms with Crippen LogP contribution in [-0.4, -0.2) is 95.8 Å². The van der Waals surface area contributed by atoms with Crippen LogP contribution in [0.3, 0.4) is 0 Å². The predicted octanol–water partition coefficient (Wildman–Crippen LogP) is 2.61. The van der Waals surface area contributed by atoms with Crippen molar-refractivity contribution in [2.24, 2.45) is 0 Å². The SMILES string of the molecule is CCOC(=O)Oc1cc2occ(C(=O)NC(C(=O)N[C@]3(OC)C(=O)N4C(C(=O)O)=C(COC(C)=O)CS[C@H]43)c3ccccc3)c(=O)c2cc1OC(=O)OCC. The van der Waals surface area contributed by atoms with E-state index in [9.17, 15) is 43.5 Å². The Morgan fingerprint density at radius 3 is 2.20 bits per heavy atom. The summed E-state index contributed by atoms with van der Waals surface area (Å²) in [6.45, 7) is 3.70.